The summed E-state index contributed by atoms with van der Waals surface area (Å²) in [6.45, 7) is 2.18. The van der Waals surface area contributed by atoms with E-state index in [1.807, 2.05) is 0 Å². The lowest BCUT2D eigenvalue weighted by molar-refractivity contribution is 0.388. The van der Waals surface area contributed by atoms with Crippen molar-refractivity contribution in [2.24, 2.45) is 0 Å². The highest BCUT2D eigenvalue weighted by Gasteiger charge is 2.04. The number of hydrogen-bond acceptors (Lipinski definition) is 4. The Hall–Kier alpha value is -1.26. The largest absolute Gasteiger partial charge is 0.376 e. The van der Waals surface area contributed by atoms with Crippen LogP contribution in [0, 0.1) is 6.92 Å². The molecular formula is C10H9Cl2N3O. The van der Waals surface area contributed by atoms with Gasteiger partial charge in [-0.3, -0.25) is 0 Å². The third-order valence-electron chi connectivity index (χ3n) is 1.93. The summed E-state index contributed by atoms with van der Waals surface area (Å²) in [5, 5.41) is 8.06. The van der Waals surface area contributed by atoms with Gasteiger partial charge in [0.1, 0.15) is 0 Å². The van der Waals surface area contributed by atoms with Crippen molar-refractivity contribution < 1.29 is 4.52 Å². The highest BCUT2D eigenvalue weighted by atomic mass is 35.5. The minimum atomic E-state index is 0.442. The average Bonchev–Trinajstić information content (AvgIpc) is 2.66. The summed E-state index contributed by atoms with van der Waals surface area (Å²) < 4.78 is 4.85. The van der Waals surface area contributed by atoms with Gasteiger partial charge in [0.15, 0.2) is 5.82 Å². The minimum absolute atomic E-state index is 0.442. The van der Waals surface area contributed by atoms with Crippen molar-refractivity contribution >= 4 is 28.9 Å². The molecule has 2 aromatic rings. The maximum atomic E-state index is 5.98. The van der Waals surface area contributed by atoms with Crippen LogP contribution in [-0.2, 0) is 6.54 Å². The van der Waals surface area contributed by atoms with Gasteiger partial charge in [-0.2, -0.15) is 4.98 Å². The van der Waals surface area contributed by atoms with E-state index in [1.54, 1.807) is 25.1 Å². The molecule has 0 bridgehead atoms. The van der Waals surface area contributed by atoms with Crippen molar-refractivity contribution in [1.82, 2.24) is 10.1 Å². The van der Waals surface area contributed by atoms with Crippen LogP contribution in [-0.4, -0.2) is 10.1 Å². The molecule has 0 aliphatic heterocycles. The highest BCUT2D eigenvalue weighted by molar-refractivity contribution is 6.35. The summed E-state index contributed by atoms with van der Waals surface area (Å²) in [5.41, 5.74) is 0.747. The number of nitrogens with one attached hydrogen (secondary N) is 1. The van der Waals surface area contributed by atoms with Gasteiger partial charge in [0.25, 0.3) is 0 Å². The predicted molar refractivity (Wildman–Crippen MR) is 62.8 cm³/mol. The summed E-state index contributed by atoms with van der Waals surface area (Å²) in [4.78, 5) is 4.06. The molecule has 1 heterocycles. The highest BCUT2D eigenvalue weighted by Crippen LogP contribution is 2.25. The zero-order chi connectivity index (χ0) is 11.5. The Morgan fingerprint density at radius 2 is 2.19 bits per heavy atom. The summed E-state index contributed by atoms with van der Waals surface area (Å²) in [7, 11) is 0. The number of rotatable bonds is 3. The number of anilines is 1. The van der Waals surface area contributed by atoms with Gasteiger partial charge in [0.2, 0.25) is 5.89 Å². The second-order valence-corrected chi connectivity index (χ2v) is 4.05. The Kier molecular flexibility index (Phi) is 3.31. The van der Waals surface area contributed by atoms with Crippen LogP contribution >= 0.6 is 23.2 Å². The van der Waals surface area contributed by atoms with Gasteiger partial charge in [0.05, 0.1) is 17.3 Å². The average molecular weight is 258 g/mol. The molecule has 0 atom stereocenters. The smallest absolute Gasteiger partial charge is 0.223 e. The Morgan fingerprint density at radius 3 is 2.88 bits per heavy atom. The molecular weight excluding hydrogens is 249 g/mol. The van der Waals surface area contributed by atoms with E-state index in [-0.39, 0.29) is 0 Å². The van der Waals surface area contributed by atoms with Crippen LogP contribution < -0.4 is 5.32 Å². The number of nitrogens with zero attached hydrogens (tertiary/aromatic N) is 2. The molecule has 84 valence electrons. The Labute approximate surface area is 103 Å². The van der Waals surface area contributed by atoms with Crippen LogP contribution in [0.25, 0.3) is 0 Å². The molecule has 0 radical (unpaired) electrons. The molecule has 6 heteroatoms. The van der Waals surface area contributed by atoms with E-state index in [0.717, 1.165) is 5.69 Å². The number of aromatic nitrogens is 2. The molecule has 0 fully saturated rings. The van der Waals surface area contributed by atoms with Gasteiger partial charge in [-0.25, -0.2) is 0 Å². The summed E-state index contributed by atoms with van der Waals surface area (Å²) in [6.07, 6.45) is 0. The molecule has 0 unspecified atom stereocenters. The maximum absolute atomic E-state index is 5.98. The summed E-state index contributed by atoms with van der Waals surface area (Å²) >= 11 is 11.8. The van der Waals surface area contributed by atoms with E-state index in [0.29, 0.717) is 28.3 Å². The Bertz CT molecular complexity index is 499. The molecule has 1 aromatic carbocycles. The fraction of sp³-hybridized carbons (Fsp3) is 0.200. The van der Waals surface area contributed by atoms with E-state index in [9.17, 15) is 0 Å². The topological polar surface area (TPSA) is 51.0 Å². The van der Waals surface area contributed by atoms with Gasteiger partial charge < -0.3 is 9.84 Å². The molecule has 16 heavy (non-hydrogen) atoms. The van der Waals surface area contributed by atoms with Gasteiger partial charge in [0, 0.05) is 11.9 Å². The molecule has 1 aromatic heterocycles. The predicted octanol–water partition coefficient (Wildman–Crippen LogP) is 3.30. The first kappa shape index (κ1) is 11.2. The maximum Gasteiger partial charge on any atom is 0.223 e. The van der Waals surface area contributed by atoms with E-state index in [1.165, 1.54) is 0 Å². The zero-order valence-electron chi connectivity index (χ0n) is 8.50. The van der Waals surface area contributed by atoms with Crippen molar-refractivity contribution in [1.29, 1.82) is 0 Å². The number of hydrogen-bond donors (Lipinski definition) is 1. The van der Waals surface area contributed by atoms with Gasteiger partial charge in [-0.15, -0.1) is 0 Å². The first-order valence-electron chi connectivity index (χ1n) is 4.63. The third kappa shape index (κ3) is 2.65. The molecule has 1 N–H and O–H groups in total. The molecule has 0 amide bonds. The lowest BCUT2D eigenvalue weighted by Crippen LogP contribution is -2.01. The van der Waals surface area contributed by atoms with E-state index in [4.69, 9.17) is 27.7 Å². The normalized spacial score (nSPS) is 10.4. The molecule has 0 aliphatic carbocycles. The van der Waals surface area contributed by atoms with Crippen molar-refractivity contribution in [3.05, 3.63) is 40.0 Å². The second-order valence-electron chi connectivity index (χ2n) is 3.21. The van der Waals surface area contributed by atoms with Crippen LogP contribution in [0.3, 0.4) is 0 Å². The van der Waals surface area contributed by atoms with Crippen molar-refractivity contribution in [3.8, 4) is 0 Å². The van der Waals surface area contributed by atoms with Crippen molar-refractivity contribution in [2.75, 3.05) is 5.32 Å². The van der Waals surface area contributed by atoms with Gasteiger partial charge in [-0.1, -0.05) is 28.4 Å². The quantitative estimate of drug-likeness (QED) is 0.917. The van der Waals surface area contributed by atoms with Gasteiger partial charge in [-0.05, 0) is 18.2 Å². The molecule has 2 rings (SSSR count). The van der Waals surface area contributed by atoms with Crippen molar-refractivity contribution in [3.63, 3.8) is 0 Å². The lowest BCUT2D eigenvalue weighted by Gasteiger charge is -2.05. The van der Waals surface area contributed by atoms with Crippen LogP contribution in [0.2, 0.25) is 10.0 Å². The van der Waals surface area contributed by atoms with Crippen molar-refractivity contribution in [2.45, 2.75) is 13.5 Å². The summed E-state index contributed by atoms with van der Waals surface area (Å²) in [5.74, 6) is 1.11. The molecule has 0 saturated carbocycles. The minimum Gasteiger partial charge on any atom is -0.376 e. The van der Waals surface area contributed by atoms with Gasteiger partial charge >= 0.3 is 0 Å². The first-order valence-corrected chi connectivity index (χ1v) is 5.39. The zero-order valence-corrected chi connectivity index (χ0v) is 10.0. The standard InChI is InChI=1S/C10H9Cl2N3O/c1-6-14-10(15-16-6)5-13-9-4-7(11)2-3-8(9)12/h2-4,13H,5H2,1H3. The number of halogens is 2. The first-order chi connectivity index (χ1) is 7.65. The molecule has 0 spiro atoms. The fourth-order valence-electron chi connectivity index (χ4n) is 1.22. The summed E-state index contributed by atoms with van der Waals surface area (Å²) in [6, 6.07) is 5.21. The molecule has 0 aliphatic rings. The Balaban J connectivity index is 2.07. The molecule has 4 nitrogen and oxygen atoms in total. The third-order valence-corrected chi connectivity index (χ3v) is 2.50. The lowest BCUT2D eigenvalue weighted by atomic mass is 10.3. The molecule has 0 saturated heterocycles. The Morgan fingerprint density at radius 1 is 1.38 bits per heavy atom. The van der Waals surface area contributed by atoms with Crippen LogP contribution in [0.4, 0.5) is 5.69 Å². The van der Waals surface area contributed by atoms with E-state index < -0.39 is 0 Å². The van der Waals surface area contributed by atoms with Crippen LogP contribution in [0.15, 0.2) is 22.7 Å². The SMILES string of the molecule is Cc1nc(CNc2cc(Cl)ccc2Cl)no1. The van der Waals surface area contributed by atoms with E-state index >= 15 is 0 Å². The van der Waals surface area contributed by atoms with Crippen LogP contribution in [0.5, 0.6) is 0 Å². The fourth-order valence-corrected chi connectivity index (χ4v) is 1.58. The van der Waals surface area contributed by atoms with Crippen LogP contribution in [0.1, 0.15) is 11.7 Å². The second kappa shape index (κ2) is 4.72. The number of aryl methyl sites for hydroxylation is 1. The monoisotopic (exact) mass is 257 g/mol. The number of benzene rings is 1. The van der Waals surface area contributed by atoms with E-state index in [2.05, 4.69) is 15.5 Å².